The van der Waals surface area contributed by atoms with Gasteiger partial charge < -0.3 is 5.11 Å². The average molecular weight is 258 g/mol. The molecule has 1 aromatic carbocycles. The van der Waals surface area contributed by atoms with Crippen molar-refractivity contribution < 1.29 is 14.7 Å². The first-order valence-corrected chi connectivity index (χ1v) is 6.54. The van der Waals surface area contributed by atoms with Crippen LogP contribution in [-0.2, 0) is 4.79 Å². The van der Waals surface area contributed by atoms with Crippen LogP contribution in [0.5, 0.6) is 0 Å². The number of hydrogen-bond acceptors (Lipinski definition) is 3. The minimum Gasteiger partial charge on any atom is -0.507 e. The molecular formula is C16H18O3. The third kappa shape index (κ3) is 2.33. The minimum atomic E-state index is -0.566. The Morgan fingerprint density at radius 3 is 2.16 bits per heavy atom. The number of ketones is 2. The first-order chi connectivity index (χ1) is 8.93. The highest BCUT2D eigenvalue weighted by atomic mass is 16.3. The van der Waals surface area contributed by atoms with Gasteiger partial charge in [-0.3, -0.25) is 9.59 Å². The smallest absolute Gasteiger partial charge is 0.234 e. The van der Waals surface area contributed by atoms with Crippen LogP contribution in [0.4, 0.5) is 0 Å². The first kappa shape index (κ1) is 13.5. The summed E-state index contributed by atoms with van der Waals surface area (Å²) in [5.41, 5.74) is 1.02. The first-order valence-electron chi connectivity index (χ1n) is 6.54. The summed E-state index contributed by atoms with van der Waals surface area (Å²) in [6.45, 7) is 6.14. The third-order valence-corrected chi connectivity index (χ3v) is 3.86. The van der Waals surface area contributed by atoms with Crippen LogP contribution in [-0.4, -0.2) is 16.7 Å². The predicted octanol–water partition coefficient (Wildman–Crippen LogP) is 3.40. The normalized spacial score (nSPS) is 16.8. The Kier molecular flexibility index (Phi) is 3.56. The lowest BCUT2D eigenvalue weighted by Crippen LogP contribution is -2.25. The lowest BCUT2D eigenvalue weighted by molar-refractivity contribution is -0.112. The van der Waals surface area contributed by atoms with Crippen molar-refractivity contribution in [1.29, 1.82) is 0 Å². The molecule has 0 spiro atoms. The molecule has 100 valence electrons. The van der Waals surface area contributed by atoms with Crippen LogP contribution < -0.4 is 0 Å². The molecule has 0 heterocycles. The van der Waals surface area contributed by atoms with E-state index in [1.165, 1.54) is 0 Å². The number of benzene rings is 1. The third-order valence-electron chi connectivity index (χ3n) is 3.86. The molecule has 0 bridgehead atoms. The summed E-state index contributed by atoms with van der Waals surface area (Å²) in [6, 6.07) is 6.70. The quantitative estimate of drug-likeness (QED) is 0.845. The highest BCUT2D eigenvalue weighted by Gasteiger charge is 2.33. The van der Waals surface area contributed by atoms with Crippen LogP contribution in [0.2, 0.25) is 0 Å². The van der Waals surface area contributed by atoms with E-state index in [1.54, 1.807) is 24.3 Å². The highest BCUT2D eigenvalue weighted by Crippen LogP contribution is 2.32. The summed E-state index contributed by atoms with van der Waals surface area (Å²) in [4.78, 5) is 24.1. The van der Waals surface area contributed by atoms with Crippen molar-refractivity contribution in [3.05, 3.63) is 41.0 Å². The Morgan fingerprint density at radius 2 is 1.58 bits per heavy atom. The topological polar surface area (TPSA) is 54.4 Å². The van der Waals surface area contributed by atoms with E-state index in [0.29, 0.717) is 23.5 Å². The fraction of sp³-hybridized carbons (Fsp3) is 0.375. The second-order valence-electron chi connectivity index (χ2n) is 5.46. The van der Waals surface area contributed by atoms with Crippen molar-refractivity contribution in [3.8, 4) is 0 Å². The van der Waals surface area contributed by atoms with Gasteiger partial charge in [-0.2, -0.15) is 0 Å². The predicted molar refractivity (Wildman–Crippen MR) is 73.9 cm³/mol. The molecule has 0 amide bonds. The Labute approximate surface area is 113 Å². The number of aliphatic hydroxyl groups excluding tert-OH is 1. The summed E-state index contributed by atoms with van der Waals surface area (Å²) in [5, 5.41) is 10.2. The zero-order valence-electron chi connectivity index (χ0n) is 11.4. The molecule has 1 aliphatic carbocycles. The summed E-state index contributed by atoms with van der Waals surface area (Å²) < 4.78 is 0. The molecule has 0 radical (unpaired) electrons. The maximum atomic E-state index is 12.1. The fourth-order valence-electron chi connectivity index (χ4n) is 2.16. The number of aliphatic hydroxyl groups is 1. The van der Waals surface area contributed by atoms with Gasteiger partial charge in [0.2, 0.25) is 11.6 Å². The number of rotatable bonds is 3. The highest BCUT2D eigenvalue weighted by molar-refractivity contribution is 6.52. The number of fused-ring (bicyclic) bond motifs is 1. The lowest BCUT2D eigenvalue weighted by atomic mass is 9.82. The van der Waals surface area contributed by atoms with Gasteiger partial charge in [0.1, 0.15) is 5.76 Å². The molecule has 0 fully saturated rings. The summed E-state index contributed by atoms with van der Waals surface area (Å²) in [5.74, 6) is -0.490. The van der Waals surface area contributed by atoms with Gasteiger partial charge in [0.05, 0.1) is 0 Å². The number of allylic oxidation sites excluding steroid dienone is 1. The summed E-state index contributed by atoms with van der Waals surface area (Å²) in [7, 11) is 0. The monoisotopic (exact) mass is 258 g/mol. The average Bonchev–Trinajstić information content (AvgIpc) is 2.40. The van der Waals surface area contributed by atoms with Crippen LogP contribution in [0.1, 0.15) is 43.1 Å². The molecular weight excluding hydrogens is 240 g/mol. The zero-order chi connectivity index (χ0) is 14.2. The molecule has 0 saturated carbocycles. The standard InChI is InChI=1S/C16H18O3/c1-9(2)10(3)8-13-14(17)11-6-4-5-7-12(11)15(18)16(13)19/h4-7,9-10,17H,8H2,1-3H3. The van der Waals surface area contributed by atoms with Gasteiger partial charge in [-0.05, 0) is 18.3 Å². The molecule has 0 aliphatic heterocycles. The van der Waals surface area contributed by atoms with Crippen molar-refractivity contribution in [3.63, 3.8) is 0 Å². The van der Waals surface area contributed by atoms with E-state index >= 15 is 0 Å². The van der Waals surface area contributed by atoms with Gasteiger partial charge >= 0.3 is 0 Å². The second-order valence-corrected chi connectivity index (χ2v) is 5.46. The van der Waals surface area contributed by atoms with Crippen molar-refractivity contribution in [2.75, 3.05) is 0 Å². The van der Waals surface area contributed by atoms with Gasteiger partial charge in [-0.1, -0.05) is 45.0 Å². The summed E-state index contributed by atoms with van der Waals surface area (Å²) in [6.07, 6.45) is 0.433. The SMILES string of the molecule is CC(C)C(C)CC1=C(O)c2ccccc2C(=O)C1=O. The fourth-order valence-corrected chi connectivity index (χ4v) is 2.16. The zero-order valence-corrected chi connectivity index (χ0v) is 11.4. The van der Waals surface area contributed by atoms with Crippen LogP contribution in [0.15, 0.2) is 29.8 Å². The van der Waals surface area contributed by atoms with Gasteiger partial charge in [0.25, 0.3) is 0 Å². The largest absolute Gasteiger partial charge is 0.507 e. The molecule has 1 unspecified atom stereocenters. The van der Waals surface area contributed by atoms with Crippen molar-refractivity contribution >= 4 is 17.3 Å². The molecule has 3 heteroatoms. The minimum absolute atomic E-state index is 0.0345. The number of Topliss-reactive ketones (excluding diaryl/α,β-unsaturated/α-hetero) is 2. The second kappa shape index (κ2) is 5.00. The van der Waals surface area contributed by atoms with Crippen LogP contribution >= 0.6 is 0 Å². The Bertz CT molecular complexity index is 567. The van der Waals surface area contributed by atoms with E-state index in [-0.39, 0.29) is 17.3 Å². The molecule has 0 saturated heterocycles. The van der Waals surface area contributed by atoms with Crippen molar-refractivity contribution in [2.24, 2.45) is 11.8 Å². The molecule has 3 nitrogen and oxygen atoms in total. The van der Waals surface area contributed by atoms with Crippen molar-refractivity contribution in [1.82, 2.24) is 0 Å². The molecule has 1 N–H and O–H groups in total. The van der Waals surface area contributed by atoms with Gasteiger partial charge in [0, 0.05) is 16.7 Å². The Balaban J connectivity index is 2.48. The number of hydrogen-bond donors (Lipinski definition) is 1. The van der Waals surface area contributed by atoms with Crippen LogP contribution in [0.25, 0.3) is 5.76 Å². The van der Waals surface area contributed by atoms with E-state index in [4.69, 9.17) is 0 Å². The Morgan fingerprint density at radius 1 is 1.00 bits per heavy atom. The molecule has 1 atom stereocenters. The maximum Gasteiger partial charge on any atom is 0.234 e. The van der Waals surface area contributed by atoms with Gasteiger partial charge in [-0.25, -0.2) is 0 Å². The van der Waals surface area contributed by atoms with E-state index in [2.05, 4.69) is 13.8 Å². The Hall–Kier alpha value is -1.90. The van der Waals surface area contributed by atoms with E-state index in [1.807, 2.05) is 6.92 Å². The van der Waals surface area contributed by atoms with Crippen LogP contribution in [0, 0.1) is 11.8 Å². The maximum absolute atomic E-state index is 12.1. The van der Waals surface area contributed by atoms with E-state index < -0.39 is 11.6 Å². The number of carbonyl (C=O) groups excluding carboxylic acids is 2. The molecule has 19 heavy (non-hydrogen) atoms. The van der Waals surface area contributed by atoms with Crippen LogP contribution in [0.3, 0.4) is 0 Å². The molecule has 1 aliphatic rings. The van der Waals surface area contributed by atoms with Gasteiger partial charge in [0.15, 0.2) is 0 Å². The van der Waals surface area contributed by atoms with E-state index in [9.17, 15) is 14.7 Å². The molecule has 1 aromatic rings. The van der Waals surface area contributed by atoms with Gasteiger partial charge in [-0.15, -0.1) is 0 Å². The molecule has 2 rings (SSSR count). The van der Waals surface area contributed by atoms with Crippen molar-refractivity contribution in [2.45, 2.75) is 27.2 Å². The lowest BCUT2D eigenvalue weighted by Gasteiger charge is -2.21. The molecule has 0 aromatic heterocycles. The van der Waals surface area contributed by atoms with E-state index in [0.717, 1.165) is 0 Å². The summed E-state index contributed by atoms with van der Waals surface area (Å²) >= 11 is 0. The number of carbonyl (C=O) groups is 2.